The zero-order valence-corrected chi connectivity index (χ0v) is 6.19. The van der Waals surface area contributed by atoms with E-state index < -0.39 is 7.37 Å². The van der Waals surface area contributed by atoms with Crippen LogP contribution in [0.3, 0.4) is 0 Å². The number of hydrogen-bond acceptors (Lipinski definition) is 3. The molecule has 1 fully saturated rings. The fraction of sp³-hybridized carbons (Fsp3) is 0.800. The van der Waals surface area contributed by atoms with Crippen molar-refractivity contribution in [2.24, 2.45) is 0 Å². The maximum Gasteiger partial charge on any atom is 0.311 e. The third kappa shape index (κ3) is 1.33. The fourth-order valence-electron chi connectivity index (χ4n) is 0.761. The highest BCUT2D eigenvalue weighted by atomic mass is 31.2. The van der Waals surface area contributed by atoms with Crippen molar-refractivity contribution in [3.05, 3.63) is 0 Å². The van der Waals surface area contributed by atoms with Crippen molar-refractivity contribution < 1.29 is 13.9 Å². The van der Waals surface area contributed by atoms with E-state index in [0.717, 1.165) is 0 Å². The minimum Gasteiger partial charge on any atom is -0.412 e. The Balaban J connectivity index is 2.66. The van der Waals surface area contributed by atoms with Crippen LogP contribution in [0.5, 0.6) is 0 Å². The van der Waals surface area contributed by atoms with Crippen molar-refractivity contribution in [1.29, 1.82) is 0 Å². The van der Waals surface area contributed by atoms with Gasteiger partial charge in [-0.3, -0.25) is 9.36 Å². The molecule has 1 heterocycles. The zero-order valence-electron chi connectivity index (χ0n) is 5.29. The van der Waals surface area contributed by atoms with Gasteiger partial charge in [0.2, 0.25) is 0 Å². The average molecular weight is 148 g/mol. The van der Waals surface area contributed by atoms with Crippen LogP contribution in [-0.2, 0) is 13.9 Å². The molecular weight excluding hydrogens is 139 g/mol. The van der Waals surface area contributed by atoms with Crippen LogP contribution in [0.4, 0.5) is 0 Å². The summed E-state index contributed by atoms with van der Waals surface area (Å²) in [6, 6.07) is 0. The molecular formula is C5H9O3P. The molecule has 1 aliphatic heterocycles. The molecule has 9 heavy (non-hydrogen) atoms. The first kappa shape index (κ1) is 6.81. The van der Waals surface area contributed by atoms with Gasteiger partial charge in [0.1, 0.15) is 0 Å². The average Bonchev–Trinajstić information content (AvgIpc) is 2.13. The van der Waals surface area contributed by atoms with E-state index in [1.54, 1.807) is 6.92 Å². The topological polar surface area (TPSA) is 43.4 Å². The largest absolute Gasteiger partial charge is 0.412 e. The summed E-state index contributed by atoms with van der Waals surface area (Å²) in [5.74, 6) is -0.305. The van der Waals surface area contributed by atoms with E-state index in [4.69, 9.17) is 0 Å². The van der Waals surface area contributed by atoms with Gasteiger partial charge in [-0.05, 0) is 0 Å². The second-order valence-electron chi connectivity index (χ2n) is 2.07. The molecule has 0 aliphatic carbocycles. The van der Waals surface area contributed by atoms with E-state index in [1.807, 2.05) is 0 Å². The van der Waals surface area contributed by atoms with Crippen LogP contribution < -0.4 is 0 Å². The Hall–Kier alpha value is -0.300. The van der Waals surface area contributed by atoms with Crippen LogP contribution in [0.15, 0.2) is 0 Å². The Morgan fingerprint density at radius 3 is 2.67 bits per heavy atom. The quantitative estimate of drug-likeness (QED) is 0.525. The fourth-order valence-corrected chi connectivity index (χ4v) is 2.28. The molecule has 1 rings (SSSR count). The number of carbonyl (C=O) groups excluding carboxylic acids is 1. The van der Waals surface area contributed by atoms with E-state index in [0.29, 0.717) is 18.7 Å². The van der Waals surface area contributed by atoms with E-state index in [2.05, 4.69) is 4.52 Å². The zero-order chi connectivity index (χ0) is 6.91. The van der Waals surface area contributed by atoms with Gasteiger partial charge in [-0.25, -0.2) is 0 Å². The molecule has 4 heteroatoms. The Morgan fingerprint density at radius 2 is 2.44 bits per heavy atom. The molecule has 0 N–H and O–H groups in total. The number of carbonyl (C=O) groups is 1. The number of hydrogen-bond donors (Lipinski definition) is 0. The summed E-state index contributed by atoms with van der Waals surface area (Å²) in [5.41, 5.74) is 0. The summed E-state index contributed by atoms with van der Waals surface area (Å²) in [6.07, 6.45) is 1.27. The van der Waals surface area contributed by atoms with Crippen molar-refractivity contribution in [2.45, 2.75) is 13.3 Å². The van der Waals surface area contributed by atoms with E-state index in [1.165, 1.54) is 0 Å². The highest BCUT2D eigenvalue weighted by Crippen LogP contribution is 2.51. The lowest BCUT2D eigenvalue weighted by molar-refractivity contribution is -0.132. The third-order valence-corrected chi connectivity index (χ3v) is 3.81. The first-order chi connectivity index (χ1) is 4.16. The first-order valence-corrected chi connectivity index (χ1v) is 4.96. The van der Waals surface area contributed by atoms with Crippen LogP contribution in [-0.4, -0.2) is 18.3 Å². The number of rotatable bonds is 1. The van der Waals surface area contributed by atoms with Crippen LogP contribution in [0.25, 0.3) is 0 Å². The van der Waals surface area contributed by atoms with Crippen molar-refractivity contribution in [3.63, 3.8) is 0 Å². The van der Waals surface area contributed by atoms with E-state index in [9.17, 15) is 9.36 Å². The summed E-state index contributed by atoms with van der Waals surface area (Å²) >= 11 is 0. The first-order valence-electron chi connectivity index (χ1n) is 2.97. The van der Waals surface area contributed by atoms with Gasteiger partial charge in [0.15, 0.2) is 0 Å². The molecule has 0 aromatic carbocycles. The Kier molecular flexibility index (Phi) is 1.62. The van der Waals surface area contributed by atoms with Crippen molar-refractivity contribution in [2.75, 3.05) is 12.3 Å². The molecule has 0 saturated carbocycles. The van der Waals surface area contributed by atoms with Gasteiger partial charge >= 0.3 is 5.97 Å². The van der Waals surface area contributed by atoms with Crippen molar-refractivity contribution in [3.8, 4) is 0 Å². The lowest BCUT2D eigenvalue weighted by Crippen LogP contribution is -1.89. The van der Waals surface area contributed by atoms with Gasteiger partial charge in [0.05, 0.1) is 6.42 Å². The SMILES string of the molecule is CCP1(=O)CCC(=O)O1. The minimum atomic E-state index is -2.46. The minimum absolute atomic E-state index is 0.305. The summed E-state index contributed by atoms with van der Waals surface area (Å²) in [4.78, 5) is 10.4. The molecule has 1 saturated heterocycles. The van der Waals surface area contributed by atoms with E-state index in [-0.39, 0.29) is 5.97 Å². The molecule has 1 aliphatic rings. The van der Waals surface area contributed by atoms with Crippen LogP contribution in [0.1, 0.15) is 13.3 Å². The molecule has 1 atom stereocenters. The molecule has 0 amide bonds. The second kappa shape index (κ2) is 2.14. The van der Waals surface area contributed by atoms with Gasteiger partial charge < -0.3 is 4.52 Å². The molecule has 52 valence electrons. The molecule has 0 aromatic heterocycles. The monoisotopic (exact) mass is 148 g/mol. The molecule has 0 radical (unpaired) electrons. The summed E-state index contributed by atoms with van der Waals surface area (Å²) < 4.78 is 15.8. The highest BCUT2D eigenvalue weighted by molar-refractivity contribution is 7.60. The Bertz CT molecular complexity index is 175. The van der Waals surface area contributed by atoms with Crippen LogP contribution in [0, 0.1) is 0 Å². The second-order valence-corrected chi connectivity index (χ2v) is 4.96. The molecule has 0 bridgehead atoms. The summed E-state index contributed by atoms with van der Waals surface area (Å²) in [6.45, 7) is 1.78. The maximum absolute atomic E-state index is 11.1. The molecule has 0 aromatic rings. The van der Waals surface area contributed by atoms with Gasteiger partial charge in [0.25, 0.3) is 7.37 Å². The van der Waals surface area contributed by atoms with Gasteiger partial charge in [-0.2, -0.15) is 0 Å². The van der Waals surface area contributed by atoms with Gasteiger partial charge in [-0.1, -0.05) is 6.92 Å². The lowest BCUT2D eigenvalue weighted by Gasteiger charge is -2.03. The summed E-state index contributed by atoms with van der Waals surface area (Å²) in [7, 11) is -2.46. The highest BCUT2D eigenvalue weighted by Gasteiger charge is 2.32. The van der Waals surface area contributed by atoms with Crippen LogP contribution in [0.2, 0.25) is 0 Å². The normalized spacial score (nSPS) is 34.6. The van der Waals surface area contributed by atoms with Crippen molar-refractivity contribution >= 4 is 13.3 Å². The lowest BCUT2D eigenvalue weighted by atomic mass is 10.5. The third-order valence-electron chi connectivity index (χ3n) is 1.41. The van der Waals surface area contributed by atoms with Gasteiger partial charge in [0, 0.05) is 12.3 Å². The standard InChI is InChI=1S/C5H9O3P/c1-2-9(7)4-3-5(6)8-9/h2-4H2,1H3. The predicted octanol–water partition coefficient (Wildman–Crippen LogP) is 1.23. The maximum atomic E-state index is 11.1. The molecule has 0 spiro atoms. The van der Waals surface area contributed by atoms with Crippen LogP contribution >= 0.6 is 7.37 Å². The Labute approximate surface area is 53.8 Å². The van der Waals surface area contributed by atoms with Crippen molar-refractivity contribution in [1.82, 2.24) is 0 Å². The van der Waals surface area contributed by atoms with E-state index >= 15 is 0 Å². The smallest absolute Gasteiger partial charge is 0.311 e. The Morgan fingerprint density at radius 1 is 1.78 bits per heavy atom. The molecule has 3 nitrogen and oxygen atoms in total. The summed E-state index contributed by atoms with van der Waals surface area (Å²) in [5, 5.41) is 0. The molecule has 1 unspecified atom stereocenters. The van der Waals surface area contributed by atoms with Gasteiger partial charge in [-0.15, -0.1) is 0 Å². The predicted molar refractivity (Wildman–Crippen MR) is 33.7 cm³/mol.